The zero-order valence-electron chi connectivity index (χ0n) is 12.1. The van der Waals surface area contributed by atoms with Crippen LogP contribution in [0, 0.1) is 0 Å². The minimum absolute atomic E-state index is 0.922. The van der Waals surface area contributed by atoms with Gasteiger partial charge in [0.25, 0.3) is 0 Å². The zero-order chi connectivity index (χ0) is 13.4. The van der Waals surface area contributed by atoms with Gasteiger partial charge < -0.3 is 10.1 Å². The van der Waals surface area contributed by atoms with E-state index in [-0.39, 0.29) is 0 Å². The molecule has 0 fully saturated rings. The standard InChI is InChI=1S/C15H26N2O/c1-5-16-11-13-8-9-15(18-4)14(10-13)12-17(6-2)7-3/h8-10,16H,5-7,11-12H2,1-4H3. The van der Waals surface area contributed by atoms with E-state index < -0.39 is 0 Å². The highest BCUT2D eigenvalue weighted by Crippen LogP contribution is 2.21. The number of rotatable bonds is 8. The summed E-state index contributed by atoms with van der Waals surface area (Å²) in [5, 5.41) is 3.36. The highest BCUT2D eigenvalue weighted by molar-refractivity contribution is 5.37. The normalized spacial score (nSPS) is 10.9. The van der Waals surface area contributed by atoms with Crippen molar-refractivity contribution in [2.45, 2.75) is 33.9 Å². The Bertz CT molecular complexity index is 348. The van der Waals surface area contributed by atoms with Crippen molar-refractivity contribution in [3.8, 4) is 5.75 Å². The minimum Gasteiger partial charge on any atom is -0.496 e. The summed E-state index contributed by atoms with van der Waals surface area (Å²) in [7, 11) is 1.74. The van der Waals surface area contributed by atoms with E-state index in [2.05, 4.69) is 49.2 Å². The van der Waals surface area contributed by atoms with Gasteiger partial charge in [0, 0.05) is 18.7 Å². The molecule has 1 rings (SSSR count). The van der Waals surface area contributed by atoms with Gasteiger partial charge in [0.2, 0.25) is 0 Å². The van der Waals surface area contributed by atoms with E-state index >= 15 is 0 Å². The predicted octanol–water partition coefficient (Wildman–Crippen LogP) is 2.65. The van der Waals surface area contributed by atoms with Crippen LogP contribution in [0.25, 0.3) is 0 Å². The van der Waals surface area contributed by atoms with Gasteiger partial charge >= 0.3 is 0 Å². The van der Waals surface area contributed by atoms with Gasteiger partial charge in [-0.3, -0.25) is 4.90 Å². The molecule has 0 saturated carbocycles. The number of nitrogens with one attached hydrogen (secondary N) is 1. The predicted molar refractivity (Wildman–Crippen MR) is 77.0 cm³/mol. The lowest BCUT2D eigenvalue weighted by atomic mass is 10.1. The quantitative estimate of drug-likeness (QED) is 0.767. The number of ether oxygens (including phenoxy) is 1. The molecule has 0 aliphatic carbocycles. The molecule has 0 aliphatic heterocycles. The van der Waals surface area contributed by atoms with Crippen molar-refractivity contribution in [3.05, 3.63) is 29.3 Å². The fourth-order valence-electron chi connectivity index (χ4n) is 2.02. The molecule has 0 aromatic heterocycles. The summed E-state index contributed by atoms with van der Waals surface area (Å²) in [6.07, 6.45) is 0. The molecule has 1 aromatic carbocycles. The number of methoxy groups -OCH3 is 1. The van der Waals surface area contributed by atoms with Gasteiger partial charge in [-0.25, -0.2) is 0 Å². The van der Waals surface area contributed by atoms with Crippen molar-refractivity contribution in [2.24, 2.45) is 0 Å². The van der Waals surface area contributed by atoms with Crippen molar-refractivity contribution in [3.63, 3.8) is 0 Å². The van der Waals surface area contributed by atoms with Crippen molar-refractivity contribution >= 4 is 0 Å². The molecule has 1 aromatic rings. The van der Waals surface area contributed by atoms with Crippen LogP contribution < -0.4 is 10.1 Å². The van der Waals surface area contributed by atoms with E-state index in [1.807, 2.05) is 0 Å². The topological polar surface area (TPSA) is 24.5 Å². The Morgan fingerprint density at radius 1 is 1.17 bits per heavy atom. The van der Waals surface area contributed by atoms with E-state index in [0.717, 1.165) is 38.5 Å². The van der Waals surface area contributed by atoms with E-state index in [9.17, 15) is 0 Å². The van der Waals surface area contributed by atoms with Gasteiger partial charge in [0.15, 0.2) is 0 Å². The highest BCUT2D eigenvalue weighted by atomic mass is 16.5. The lowest BCUT2D eigenvalue weighted by Gasteiger charge is -2.20. The maximum Gasteiger partial charge on any atom is 0.123 e. The molecule has 0 unspecified atom stereocenters. The molecule has 18 heavy (non-hydrogen) atoms. The molecule has 102 valence electrons. The highest BCUT2D eigenvalue weighted by Gasteiger charge is 2.08. The van der Waals surface area contributed by atoms with Crippen molar-refractivity contribution in [2.75, 3.05) is 26.7 Å². The molecule has 0 heterocycles. The monoisotopic (exact) mass is 250 g/mol. The van der Waals surface area contributed by atoms with Gasteiger partial charge in [-0.15, -0.1) is 0 Å². The number of hydrogen-bond acceptors (Lipinski definition) is 3. The van der Waals surface area contributed by atoms with Crippen molar-refractivity contribution in [1.82, 2.24) is 10.2 Å². The third-order valence-corrected chi connectivity index (χ3v) is 3.21. The lowest BCUT2D eigenvalue weighted by Crippen LogP contribution is -2.22. The van der Waals surface area contributed by atoms with Crippen LogP contribution in [0.5, 0.6) is 5.75 Å². The minimum atomic E-state index is 0.922. The molecular weight excluding hydrogens is 224 g/mol. The first-order valence-corrected chi connectivity index (χ1v) is 6.83. The average Bonchev–Trinajstić information content (AvgIpc) is 2.42. The first-order chi connectivity index (χ1) is 8.74. The Hall–Kier alpha value is -1.06. The average molecular weight is 250 g/mol. The lowest BCUT2D eigenvalue weighted by molar-refractivity contribution is 0.289. The van der Waals surface area contributed by atoms with E-state index in [1.54, 1.807) is 7.11 Å². The number of benzene rings is 1. The van der Waals surface area contributed by atoms with Gasteiger partial charge in [-0.1, -0.05) is 26.8 Å². The molecule has 0 atom stereocenters. The summed E-state index contributed by atoms with van der Waals surface area (Å²) in [6, 6.07) is 6.46. The summed E-state index contributed by atoms with van der Waals surface area (Å²) in [6.45, 7) is 11.5. The summed E-state index contributed by atoms with van der Waals surface area (Å²) in [4.78, 5) is 2.40. The first-order valence-electron chi connectivity index (χ1n) is 6.83. The Morgan fingerprint density at radius 2 is 1.89 bits per heavy atom. The summed E-state index contributed by atoms with van der Waals surface area (Å²) < 4.78 is 5.45. The molecule has 1 N–H and O–H groups in total. The van der Waals surface area contributed by atoms with Crippen LogP contribution in [-0.4, -0.2) is 31.6 Å². The summed E-state index contributed by atoms with van der Waals surface area (Å²) >= 11 is 0. The number of hydrogen-bond donors (Lipinski definition) is 1. The molecule has 3 heteroatoms. The first kappa shape index (κ1) is 15.0. The van der Waals surface area contributed by atoms with Crippen LogP contribution in [-0.2, 0) is 13.1 Å². The summed E-state index contributed by atoms with van der Waals surface area (Å²) in [5.74, 6) is 0.988. The maximum absolute atomic E-state index is 5.45. The molecule has 3 nitrogen and oxygen atoms in total. The molecule has 0 saturated heterocycles. The van der Waals surface area contributed by atoms with Gasteiger partial charge in [-0.05, 0) is 37.3 Å². The van der Waals surface area contributed by atoms with Crippen LogP contribution in [0.2, 0.25) is 0 Å². The third-order valence-electron chi connectivity index (χ3n) is 3.21. The van der Waals surface area contributed by atoms with E-state index in [4.69, 9.17) is 4.74 Å². The fourth-order valence-corrected chi connectivity index (χ4v) is 2.02. The second kappa shape index (κ2) is 8.11. The molecule has 0 amide bonds. The molecular formula is C15H26N2O. The van der Waals surface area contributed by atoms with Gasteiger partial charge in [0.05, 0.1) is 7.11 Å². The molecule has 0 spiro atoms. The second-order valence-corrected chi connectivity index (χ2v) is 4.39. The van der Waals surface area contributed by atoms with Crippen LogP contribution >= 0.6 is 0 Å². The largest absolute Gasteiger partial charge is 0.496 e. The Labute approximate surface area is 111 Å². The van der Waals surface area contributed by atoms with E-state index in [1.165, 1.54) is 11.1 Å². The van der Waals surface area contributed by atoms with Gasteiger partial charge in [0.1, 0.15) is 5.75 Å². The summed E-state index contributed by atoms with van der Waals surface area (Å²) in [5.41, 5.74) is 2.59. The van der Waals surface area contributed by atoms with Crippen LogP contribution in [0.1, 0.15) is 31.9 Å². The molecule has 0 bridgehead atoms. The van der Waals surface area contributed by atoms with E-state index in [0.29, 0.717) is 0 Å². The van der Waals surface area contributed by atoms with Crippen LogP contribution in [0.15, 0.2) is 18.2 Å². The number of nitrogens with zero attached hydrogens (tertiary/aromatic N) is 1. The maximum atomic E-state index is 5.45. The Morgan fingerprint density at radius 3 is 2.44 bits per heavy atom. The second-order valence-electron chi connectivity index (χ2n) is 4.39. The van der Waals surface area contributed by atoms with Crippen LogP contribution in [0.4, 0.5) is 0 Å². The van der Waals surface area contributed by atoms with Crippen LogP contribution in [0.3, 0.4) is 0 Å². The SMILES string of the molecule is CCNCc1ccc(OC)c(CN(CC)CC)c1. The molecule has 0 radical (unpaired) electrons. The Balaban J connectivity index is 2.84. The van der Waals surface area contributed by atoms with Gasteiger partial charge in [-0.2, -0.15) is 0 Å². The third kappa shape index (κ3) is 4.31. The zero-order valence-corrected chi connectivity index (χ0v) is 12.1. The fraction of sp³-hybridized carbons (Fsp3) is 0.600. The van der Waals surface area contributed by atoms with Crippen molar-refractivity contribution in [1.29, 1.82) is 0 Å². The Kier molecular flexibility index (Phi) is 6.76. The smallest absolute Gasteiger partial charge is 0.123 e. The van der Waals surface area contributed by atoms with Crippen molar-refractivity contribution < 1.29 is 4.74 Å². The molecule has 0 aliphatic rings.